The summed E-state index contributed by atoms with van der Waals surface area (Å²) in [4.78, 5) is 23.4. The van der Waals surface area contributed by atoms with Gasteiger partial charge in [-0.2, -0.15) is 0 Å². The smallest absolute Gasteiger partial charge is 0.337 e. The van der Waals surface area contributed by atoms with Crippen molar-refractivity contribution in [3.63, 3.8) is 0 Å². The Hall–Kier alpha value is -1.95. The Morgan fingerprint density at radius 3 is 2.26 bits per heavy atom. The van der Waals surface area contributed by atoms with Crippen LogP contribution in [-0.4, -0.2) is 30.6 Å². The minimum Gasteiger partial charge on any atom is -0.465 e. The van der Waals surface area contributed by atoms with Crippen LogP contribution in [0.1, 0.15) is 59.7 Å². The molecule has 0 aliphatic carbocycles. The predicted octanol–water partition coefficient (Wildman–Crippen LogP) is 3.05. The summed E-state index contributed by atoms with van der Waals surface area (Å²) >= 11 is 5.10. The Balaban J connectivity index is 2.34. The molecule has 0 unspecified atom stereocenters. The number of esters is 1. The summed E-state index contributed by atoms with van der Waals surface area (Å²) in [6.07, 6.45) is 5.89. The molecule has 126 valence electrons. The Morgan fingerprint density at radius 1 is 1.04 bits per heavy atom. The van der Waals surface area contributed by atoms with Gasteiger partial charge in [0.1, 0.15) is 0 Å². The molecule has 0 aliphatic rings. The molecule has 0 fully saturated rings. The first kappa shape index (κ1) is 19.1. The number of benzene rings is 1. The number of rotatable bonds is 8. The molecule has 6 heteroatoms. The second-order valence-corrected chi connectivity index (χ2v) is 5.60. The molecule has 0 atom stereocenters. The second-order valence-electron chi connectivity index (χ2n) is 5.19. The Bertz CT molecular complexity index is 529. The first-order valence-electron chi connectivity index (χ1n) is 7.86. The monoisotopic (exact) mass is 336 g/mol. The molecular weight excluding hydrogens is 312 g/mol. The number of amides is 1. The van der Waals surface area contributed by atoms with Crippen LogP contribution in [0.2, 0.25) is 0 Å². The average molecular weight is 336 g/mol. The summed E-state index contributed by atoms with van der Waals surface area (Å²) in [6, 6.07) is 6.22. The maximum atomic E-state index is 12.0. The van der Waals surface area contributed by atoms with Gasteiger partial charge in [-0.05, 0) is 42.9 Å². The average Bonchev–Trinajstić information content (AvgIpc) is 2.57. The van der Waals surface area contributed by atoms with E-state index in [2.05, 4.69) is 22.3 Å². The molecule has 2 N–H and O–H groups in total. The highest BCUT2D eigenvalue weighted by molar-refractivity contribution is 7.80. The summed E-state index contributed by atoms with van der Waals surface area (Å²) < 4.78 is 4.61. The standard InChI is InChI=1S/C17H24N2O3S/c1-3-4-5-6-7-12-18-17(23)19-15(20)13-8-10-14(11-9-13)16(21)22-2/h8-11H,3-7,12H2,1-2H3,(H2,18,19,20,23). The normalized spacial score (nSPS) is 10.0. The number of unbranched alkanes of at least 4 members (excludes halogenated alkanes) is 4. The van der Waals surface area contributed by atoms with Gasteiger partial charge in [0.15, 0.2) is 5.11 Å². The first-order valence-corrected chi connectivity index (χ1v) is 8.27. The molecule has 1 amide bonds. The topological polar surface area (TPSA) is 67.4 Å². The Labute approximate surface area is 142 Å². The number of carbonyl (C=O) groups is 2. The van der Waals surface area contributed by atoms with E-state index in [1.165, 1.54) is 26.4 Å². The number of thiocarbonyl (C=S) groups is 1. The fourth-order valence-corrected chi connectivity index (χ4v) is 2.22. The van der Waals surface area contributed by atoms with Gasteiger partial charge in [-0.3, -0.25) is 10.1 Å². The largest absolute Gasteiger partial charge is 0.465 e. The maximum absolute atomic E-state index is 12.0. The predicted molar refractivity (Wildman–Crippen MR) is 94.6 cm³/mol. The van der Waals surface area contributed by atoms with Gasteiger partial charge < -0.3 is 10.1 Å². The van der Waals surface area contributed by atoms with Crippen LogP contribution in [-0.2, 0) is 4.74 Å². The van der Waals surface area contributed by atoms with Gasteiger partial charge in [-0.25, -0.2) is 4.79 Å². The summed E-state index contributed by atoms with van der Waals surface area (Å²) in [6.45, 7) is 2.94. The summed E-state index contributed by atoms with van der Waals surface area (Å²) in [7, 11) is 1.31. The zero-order chi connectivity index (χ0) is 17.1. The van der Waals surface area contributed by atoms with Crippen LogP contribution in [0.15, 0.2) is 24.3 Å². The van der Waals surface area contributed by atoms with Crippen molar-refractivity contribution in [2.24, 2.45) is 0 Å². The molecule has 0 bridgehead atoms. The van der Waals surface area contributed by atoms with Gasteiger partial charge in [0.05, 0.1) is 12.7 Å². The lowest BCUT2D eigenvalue weighted by Crippen LogP contribution is -2.39. The van der Waals surface area contributed by atoms with Crippen molar-refractivity contribution in [2.45, 2.75) is 39.0 Å². The molecule has 0 radical (unpaired) electrons. The van der Waals surface area contributed by atoms with Crippen LogP contribution in [0.4, 0.5) is 0 Å². The van der Waals surface area contributed by atoms with E-state index in [-0.39, 0.29) is 5.91 Å². The van der Waals surface area contributed by atoms with Crippen LogP contribution < -0.4 is 10.6 Å². The highest BCUT2D eigenvalue weighted by Crippen LogP contribution is 2.06. The zero-order valence-corrected chi connectivity index (χ0v) is 14.5. The number of hydrogen-bond acceptors (Lipinski definition) is 4. The van der Waals surface area contributed by atoms with Gasteiger partial charge in [0, 0.05) is 12.1 Å². The highest BCUT2D eigenvalue weighted by Gasteiger charge is 2.10. The number of methoxy groups -OCH3 is 1. The van der Waals surface area contributed by atoms with Crippen molar-refractivity contribution in [1.82, 2.24) is 10.6 Å². The number of hydrogen-bond donors (Lipinski definition) is 2. The van der Waals surface area contributed by atoms with E-state index >= 15 is 0 Å². The van der Waals surface area contributed by atoms with E-state index in [9.17, 15) is 9.59 Å². The Kier molecular flexibility index (Phi) is 8.90. The minimum absolute atomic E-state index is 0.301. The van der Waals surface area contributed by atoms with Crippen LogP contribution in [0, 0.1) is 0 Å². The molecule has 1 aromatic carbocycles. The molecular formula is C17H24N2O3S. The summed E-state index contributed by atoms with van der Waals surface area (Å²) in [5.74, 6) is -0.734. The number of ether oxygens (including phenoxy) is 1. The molecule has 0 heterocycles. The third-order valence-electron chi connectivity index (χ3n) is 3.36. The van der Waals surface area contributed by atoms with Crippen molar-refractivity contribution in [3.8, 4) is 0 Å². The maximum Gasteiger partial charge on any atom is 0.337 e. The summed E-state index contributed by atoms with van der Waals surface area (Å²) in [5, 5.41) is 5.97. The Morgan fingerprint density at radius 2 is 1.65 bits per heavy atom. The molecule has 5 nitrogen and oxygen atoms in total. The zero-order valence-electron chi connectivity index (χ0n) is 13.7. The molecule has 23 heavy (non-hydrogen) atoms. The van der Waals surface area contributed by atoms with Crippen LogP contribution in [0.3, 0.4) is 0 Å². The van der Waals surface area contributed by atoms with Crippen molar-refractivity contribution < 1.29 is 14.3 Å². The highest BCUT2D eigenvalue weighted by atomic mass is 32.1. The molecule has 1 aromatic rings. The molecule has 0 spiro atoms. The molecule has 0 aliphatic heterocycles. The molecule has 0 saturated carbocycles. The molecule has 1 rings (SSSR count). The lowest BCUT2D eigenvalue weighted by molar-refractivity contribution is 0.0600. The van der Waals surface area contributed by atoms with E-state index in [0.29, 0.717) is 16.2 Å². The van der Waals surface area contributed by atoms with Gasteiger partial charge in [-0.1, -0.05) is 32.6 Å². The van der Waals surface area contributed by atoms with E-state index < -0.39 is 5.97 Å². The van der Waals surface area contributed by atoms with Gasteiger partial charge in [0.25, 0.3) is 5.91 Å². The van der Waals surface area contributed by atoms with Crippen molar-refractivity contribution >= 4 is 29.2 Å². The van der Waals surface area contributed by atoms with Crippen molar-refractivity contribution in [3.05, 3.63) is 35.4 Å². The van der Waals surface area contributed by atoms with E-state index in [0.717, 1.165) is 19.4 Å². The summed E-state index contributed by atoms with van der Waals surface area (Å²) in [5.41, 5.74) is 0.835. The number of nitrogens with one attached hydrogen (secondary N) is 2. The van der Waals surface area contributed by atoms with Crippen molar-refractivity contribution in [2.75, 3.05) is 13.7 Å². The van der Waals surface area contributed by atoms with E-state index in [1.807, 2.05) is 0 Å². The fourth-order valence-electron chi connectivity index (χ4n) is 2.03. The third-order valence-corrected chi connectivity index (χ3v) is 3.61. The lowest BCUT2D eigenvalue weighted by atomic mass is 10.1. The number of carbonyl (C=O) groups excluding carboxylic acids is 2. The van der Waals surface area contributed by atoms with Crippen LogP contribution >= 0.6 is 12.2 Å². The molecule has 0 aromatic heterocycles. The van der Waals surface area contributed by atoms with Gasteiger partial charge in [0.2, 0.25) is 0 Å². The molecule has 0 saturated heterocycles. The van der Waals surface area contributed by atoms with E-state index in [4.69, 9.17) is 12.2 Å². The van der Waals surface area contributed by atoms with Crippen molar-refractivity contribution in [1.29, 1.82) is 0 Å². The second kappa shape index (κ2) is 10.7. The van der Waals surface area contributed by atoms with Gasteiger partial charge in [-0.15, -0.1) is 0 Å². The third kappa shape index (κ3) is 7.23. The fraction of sp³-hybridized carbons (Fsp3) is 0.471. The van der Waals surface area contributed by atoms with Crippen LogP contribution in [0.5, 0.6) is 0 Å². The van der Waals surface area contributed by atoms with E-state index in [1.54, 1.807) is 24.3 Å². The van der Waals surface area contributed by atoms with Crippen LogP contribution in [0.25, 0.3) is 0 Å². The SMILES string of the molecule is CCCCCCCNC(=S)NC(=O)c1ccc(C(=O)OC)cc1. The lowest BCUT2D eigenvalue weighted by Gasteiger charge is -2.09. The minimum atomic E-state index is -0.433. The first-order chi connectivity index (χ1) is 11.1. The quantitative estimate of drug-likeness (QED) is 0.434. The van der Waals surface area contributed by atoms with Gasteiger partial charge >= 0.3 is 5.97 Å².